The third-order valence-corrected chi connectivity index (χ3v) is 4.66. The summed E-state index contributed by atoms with van der Waals surface area (Å²) in [4.78, 5) is 14.1. The maximum atomic E-state index is 12.3. The van der Waals surface area contributed by atoms with Crippen molar-refractivity contribution in [3.63, 3.8) is 0 Å². The van der Waals surface area contributed by atoms with E-state index in [-0.39, 0.29) is 18.2 Å². The minimum atomic E-state index is -0.151. The van der Waals surface area contributed by atoms with Gasteiger partial charge in [-0.3, -0.25) is 5.32 Å². The van der Waals surface area contributed by atoms with Gasteiger partial charge in [0.25, 0.3) is 0 Å². The van der Waals surface area contributed by atoms with Crippen LogP contribution in [0.3, 0.4) is 0 Å². The lowest BCUT2D eigenvalue weighted by Crippen LogP contribution is -2.47. The lowest BCUT2D eigenvalue weighted by Gasteiger charge is -2.36. The number of carbonyl (C=O) groups is 1. The summed E-state index contributed by atoms with van der Waals surface area (Å²) < 4.78 is 5.93. The zero-order valence-corrected chi connectivity index (χ0v) is 13.4. The molecule has 0 unspecified atom stereocenters. The van der Waals surface area contributed by atoms with Gasteiger partial charge < -0.3 is 9.64 Å². The molecule has 8 heteroatoms. The van der Waals surface area contributed by atoms with E-state index in [1.54, 1.807) is 16.2 Å². The van der Waals surface area contributed by atoms with E-state index >= 15 is 0 Å². The molecule has 0 aliphatic carbocycles. The van der Waals surface area contributed by atoms with Crippen molar-refractivity contribution in [3.05, 3.63) is 27.4 Å². The molecule has 2 amide bonds. The van der Waals surface area contributed by atoms with Gasteiger partial charge in [-0.25, -0.2) is 4.79 Å². The van der Waals surface area contributed by atoms with Crippen LogP contribution in [0.4, 0.5) is 9.93 Å². The summed E-state index contributed by atoms with van der Waals surface area (Å²) in [5.41, 5.74) is 1.12. The fourth-order valence-corrected chi connectivity index (χ4v) is 3.56. The van der Waals surface area contributed by atoms with Crippen molar-refractivity contribution in [1.29, 1.82) is 0 Å². The average Bonchev–Trinajstić information content (AvgIpc) is 3.10. The van der Waals surface area contributed by atoms with Crippen molar-refractivity contribution < 1.29 is 9.53 Å². The van der Waals surface area contributed by atoms with E-state index < -0.39 is 0 Å². The first kappa shape index (κ1) is 14.4. The molecular weight excluding hydrogens is 308 g/mol. The van der Waals surface area contributed by atoms with E-state index in [1.807, 2.05) is 25.3 Å². The molecule has 0 saturated carbocycles. The zero-order valence-electron chi connectivity index (χ0n) is 11.8. The minimum absolute atomic E-state index is 0.00514. The molecule has 2 atom stereocenters. The fraction of sp³-hybridized carbons (Fsp3) is 0.462. The van der Waals surface area contributed by atoms with Crippen LogP contribution < -0.4 is 5.32 Å². The number of morpholine rings is 1. The molecule has 1 aliphatic heterocycles. The highest BCUT2D eigenvalue weighted by Crippen LogP contribution is 2.27. The SMILES string of the molecule is Cc1nnc(NC(=O)N2C[C@@H](c3ccsc3)O[C@@H](C)C2)s1. The molecule has 1 saturated heterocycles. The van der Waals surface area contributed by atoms with Gasteiger partial charge in [-0.2, -0.15) is 11.3 Å². The second kappa shape index (κ2) is 6.08. The molecule has 1 N–H and O–H groups in total. The molecule has 1 fully saturated rings. The van der Waals surface area contributed by atoms with Crippen LogP contribution in [0, 0.1) is 6.92 Å². The van der Waals surface area contributed by atoms with Gasteiger partial charge in [0.2, 0.25) is 5.13 Å². The van der Waals surface area contributed by atoms with Gasteiger partial charge >= 0.3 is 6.03 Å². The van der Waals surface area contributed by atoms with E-state index in [9.17, 15) is 4.79 Å². The first-order valence-corrected chi connectivity index (χ1v) is 8.41. The van der Waals surface area contributed by atoms with E-state index in [2.05, 4.69) is 20.9 Å². The third kappa shape index (κ3) is 3.39. The van der Waals surface area contributed by atoms with Gasteiger partial charge in [-0.15, -0.1) is 10.2 Å². The highest BCUT2D eigenvalue weighted by Gasteiger charge is 2.30. The maximum Gasteiger partial charge on any atom is 0.323 e. The smallest absolute Gasteiger partial charge is 0.323 e. The van der Waals surface area contributed by atoms with Crippen LogP contribution in [-0.2, 0) is 4.74 Å². The molecule has 0 radical (unpaired) electrons. The number of nitrogens with one attached hydrogen (secondary N) is 1. The van der Waals surface area contributed by atoms with E-state index in [0.29, 0.717) is 18.2 Å². The summed E-state index contributed by atoms with van der Waals surface area (Å²) >= 11 is 3.00. The molecule has 0 aromatic carbocycles. The Labute approximate surface area is 130 Å². The van der Waals surface area contributed by atoms with Gasteiger partial charge in [-0.1, -0.05) is 11.3 Å². The quantitative estimate of drug-likeness (QED) is 0.922. The molecular formula is C13H16N4O2S2. The Balaban J connectivity index is 1.67. The zero-order chi connectivity index (χ0) is 14.8. The van der Waals surface area contributed by atoms with Crippen LogP contribution >= 0.6 is 22.7 Å². The number of anilines is 1. The summed E-state index contributed by atoms with van der Waals surface area (Å²) in [6, 6.07) is 1.89. The number of carbonyl (C=O) groups excluding carboxylic acids is 1. The Morgan fingerprint density at radius 3 is 3.00 bits per heavy atom. The number of hydrogen-bond donors (Lipinski definition) is 1. The van der Waals surface area contributed by atoms with Crippen molar-refractivity contribution in [3.8, 4) is 0 Å². The first-order chi connectivity index (χ1) is 10.1. The number of ether oxygens (including phenoxy) is 1. The van der Waals surface area contributed by atoms with Crippen molar-refractivity contribution in [1.82, 2.24) is 15.1 Å². The minimum Gasteiger partial charge on any atom is -0.367 e. The van der Waals surface area contributed by atoms with Crippen LogP contribution in [0.1, 0.15) is 23.6 Å². The third-order valence-electron chi connectivity index (χ3n) is 3.20. The Morgan fingerprint density at radius 1 is 1.48 bits per heavy atom. The number of amides is 2. The van der Waals surface area contributed by atoms with Crippen LogP contribution in [0.2, 0.25) is 0 Å². The van der Waals surface area contributed by atoms with Gasteiger partial charge in [0, 0.05) is 6.54 Å². The number of thiophene rings is 1. The summed E-state index contributed by atoms with van der Waals surface area (Å²) in [6.07, 6.45) is -0.0625. The normalized spacial score (nSPS) is 22.3. The Kier molecular flexibility index (Phi) is 4.18. The second-order valence-corrected chi connectivity index (χ2v) is 6.92. The Hall–Kier alpha value is -1.51. The predicted molar refractivity (Wildman–Crippen MR) is 82.8 cm³/mol. The first-order valence-electron chi connectivity index (χ1n) is 6.65. The van der Waals surface area contributed by atoms with E-state index in [4.69, 9.17) is 4.74 Å². The summed E-state index contributed by atoms with van der Waals surface area (Å²) in [5.74, 6) is 0. The van der Waals surface area contributed by atoms with Gasteiger partial charge in [0.05, 0.1) is 12.6 Å². The van der Waals surface area contributed by atoms with Gasteiger partial charge in [0.15, 0.2) is 0 Å². The molecule has 3 heterocycles. The molecule has 0 bridgehead atoms. The van der Waals surface area contributed by atoms with Gasteiger partial charge in [0.1, 0.15) is 11.1 Å². The molecule has 112 valence electrons. The lowest BCUT2D eigenvalue weighted by molar-refractivity contribution is -0.0640. The number of aryl methyl sites for hydroxylation is 1. The van der Waals surface area contributed by atoms with Gasteiger partial charge in [-0.05, 0) is 36.2 Å². The average molecular weight is 324 g/mol. The number of urea groups is 1. The fourth-order valence-electron chi connectivity index (χ4n) is 2.28. The number of nitrogens with zero attached hydrogens (tertiary/aromatic N) is 3. The summed E-state index contributed by atoms with van der Waals surface area (Å²) in [7, 11) is 0. The van der Waals surface area contributed by atoms with Crippen LogP contribution in [0.25, 0.3) is 0 Å². The van der Waals surface area contributed by atoms with Crippen LogP contribution in [-0.4, -0.2) is 40.3 Å². The van der Waals surface area contributed by atoms with E-state index in [1.165, 1.54) is 11.3 Å². The summed E-state index contributed by atoms with van der Waals surface area (Å²) in [5, 5.41) is 16.1. The summed E-state index contributed by atoms with van der Waals surface area (Å²) in [6.45, 7) is 4.96. The highest BCUT2D eigenvalue weighted by molar-refractivity contribution is 7.15. The van der Waals surface area contributed by atoms with Crippen molar-refractivity contribution in [2.45, 2.75) is 26.1 Å². The van der Waals surface area contributed by atoms with Crippen LogP contribution in [0.5, 0.6) is 0 Å². The molecule has 2 aromatic heterocycles. The highest BCUT2D eigenvalue weighted by atomic mass is 32.1. The standard InChI is InChI=1S/C13H16N4O2S2/c1-8-5-17(6-11(19-8)10-3-4-20-7-10)13(18)14-12-16-15-9(2)21-12/h3-4,7-8,11H,5-6H2,1-2H3,(H,14,16,18)/t8-,11-/m0/s1. The number of hydrogen-bond acceptors (Lipinski definition) is 6. The maximum absolute atomic E-state index is 12.3. The molecule has 3 rings (SSSR count). The van der Waals surface area contributed by atoms with Crippen molar-refractivity contribution in [2.75, 3.05) is 18.4 Å². The predicted octanol–water partition coefficient (Wildman–Crippen LogP) is 2.90. The Bertz CT molecular complexity index is 613. The topological polar surface area (TPSA) is 67.4 Å². The molecule has 21 heavy (non-hydrogen) atoms. The molecule has 0 spiro atoms. The largest absolute Gasteiger partial charge is 0.367 e. The molecule has 1 aliphatic rings. The Morgan fingerprint density at radius 2 is 2.33 bits per heavy atom. The lowest BCUT2D eigenvalue weighted by atomic mass is 10.1. The monoisotopic (exact) mass is 324 g/mol. The molecule has 6 nitrogen and oxygen atoms in total. The second-order valence-electron chi connectivity index (χ2n) is 4.95. The van der Waals surface area contributed by atoms with Crippen molar-refractivity contribution in [2.24, 2.45) is 0 Å². The molecule has 2 aromatic rings. The number of aromatic nitrogens is 2. The van der Waals surface area contributed by atoms with Crippen molar-refractivity contribution >= 4 is 33.8 Å². The number of rotatable bonds is 2. The van der Waals surface area contributed by atoms with Crippen LogP contribution in [0.15, 0.2) is 16.8 Å². The van der Waals surface area contributed by atoms with E-state index in [0.717, 1.165) is 10.6 Å².